The quantitative estimate of drug-likeness (QED) is 0.773. The van der Waals surface area contributed by atoms with Crippen LogP contribution in [0.1, 0.15) is 47.5 Å². The fourth-order valence-electron chi connectivity index (χ4n) is 2.58. The molecule has 2 rings (SSSR count). The van der Waals surface area contributed by atoms with E-state index in [1.165, 1.54) is 11.3 Å². The third-order valence-corrected chi connectivity index (χ3v) is 7.42. The zero-order valence-corrected chi connectivity index (χ0v) is 16.5. The molecule has 1 aliphatic rings. The van der Waals surface area contributed by atoms with Crippen molar-refractivity contribution in [1.82, 2.24) is 9.62 Å². The SMILES string of the molecule is CC(C)N[C@H](CN(CC1CC1)S(=O)(=O)c1cccs1)C(C)(C)C. The van der Waals surface area contributed by atoms with Gasteiger partial charge in [0.2, 0.25) is 0 Å². The Labute approximate surface area is 145 Å². The molecular weight excluding hydrogens is 328 g/mol. The summed E-state index contributed by atoms with van der Waals surface area (Å²) >= 11 is 1.30. The Kier molecular flexibility index (Phi) is 5.93. The molecule has 0 unspecified atom stereocenters. The van der Waals surface area contributed by atoms with Crippen LogP contribution in [0.25, 0.3) is 0 Å². The second kappa shape index (κ2) is 7.21. The second-order valence-corrected chi connectivity index (χ2v) is 11.0. The summed E-state index contributed by atoms with van der Waals surface area (Å²) in [6.45, 7) is 11.9. The molecule has 4 nitrogen and oxygen atoms in total. The molecule has 0 spiro atoms. The highest BCUT2D eigenvalue weighted by Crippen LogP contribution is 2.33. The van der Waals surface area contributed by atoms with Gasteiger partial charge in [-0.05, 0) is 35.6 Å². The van der Waals surface area contributed by atoms with Gasteiger partial charge in [0.15, 0.2) is 0 Å². The molecule has 0 bridgehead atoms. The van der Waals surface area contributed by atoms with Crippen LogP contribution in [0.15, 0.2) is 21.7 Å². The maximum Gasteiger partial charge on any atom is 0.252 e. The van der Waals surface area contributed by atoms with Crippen LogP contribution >= 0.6 is 11.3 Å². The number of rotatable bonds is 8. The molecule has 1 aliphatic carbocycles. The normalized spacial score (nSPS) is 17.9. The van der Waals surface area contributed by atoms with Gasteiger partial charge in [-0.1, -0.05) is 40.7 Å². The Morgan fingerprint density at radius 2 is 2.00 bits per heavy atom. The van der Waals surface area contributed by atoms with Crippen LogP contribution in [-0.4, -0.2) is 37.9 Å². The van der Waals surface area contributed by atoms with Crippen molar-refractivity contribution in [2.75, 3.05) is 13.1 Å². The van der Waals surface area contributed by atoms with Gasteiger partial charge in [-0.25, -0.2) is 8.42 Å². The zero-order chi connectivity index (χ0) is 17.3. The van der Waals surface area contributed by atoms with E-state index in [-0.39, 0.29) is 11.5 Å². The van der Waals surface area contributed by atoms with Crippen LogP contribution in [0.2, 0.25) is 0 Å². The molecule has 1 atom stereocenters. The third-order valence-electron chi connectivity index (χ3n) is 4.21. The van der Waals surface area contributed by atoms with E-state index < -0.39 is 10.0 Å². The summed E-state index contributed by atoms with van der Waals surface area (Å²) in [7, 11) is -3.39. The van der Waals surface area contributed by atoms with Gasteiger partial charge >= 0.3 is 0 Å². The van der Waals surface area contributed by atoms with Crippen LogP contribution in [0.3, 0.4) is 0 Å². The predicted octanol–water partition coefficient (Wildman–Crippen LogP) is 3.56. The van der Waals surface area contributed by atoms with E-state index in [1.54, 1.807) is 16.4 Å². The molecule has 1 saturated carbocycles. The highest BCUT2D eigenvalue weighted by atomic mass is 32.2. The average Bonchev–Trinajstić information content (AvgIpc) is 3.04. The molecule has 0 radical (unpaired) electrons. The van der Waals surface area contributed by atoms with E-state index in [0.29, 0.717) is 29.3 Å². The Bertz CT molecular complexity index is 585. The number of hydrogen-bond donors (Lipinski definition) is 1. The minimum Gasteiger partial charge on any atom is -0.310 e. The third kappa shape index (κ3) is 5.28. The number of hydrogen-bond acceptors (Lipinski definition) is 4. The van der Waals surface area contributed by atoms with Gasteiger partial charge < -0.3 is 5.32 Å². The molecule has 1 aromatic rings. The predicted molar refractivity (Wildman–Crippen MR) is 97.3 cm³/mol. The van der Waals surface area contributed by atoms with E-state index in [9.17, 15) is 8.42 Å². The fraction of sp³-hybridized carbons (Fsp3) is 0.765. The Hall–Kier alpha value is -0.430. The molecule has 0 amide bonds. The lowest BCUT2D eigenvalue weighted by atomic mass is 9.86. The Morgan fingerprint density at radius 1 is 1.35 bits per heavy atom. The van der Waals surface area contributed by atoms with E-state index in [2.05, 4.69) is 39.9 Å². The molecule has 1 aromatic heterocycles. The highest BCUT2D eigenvalue weighted by molar-refractivity contribution is 7.91. The van der Waals surface area contributed by atoms with Crippen molar-refractivity contribution in [2.24, 2.45) is 11.3 Å². The van der Waals surface area contributed by atoms with E-state index in [0.717, 1.165) is 12.8 Å². The Morgan fingerprint density at radius 3 is 2.43 bits per heavy atom. The van der Waals surface area contributed by atoms with Crippen LogP contribution in [-0.2, 0) is 10.0 Å². The molecule has 23 heavy (non-hydrogen) atoms. The summed E-state index contributed by atoms with van der Waals surface area (Å²) in [5.41, 5.74) is -0.00294. The molecule has 0 saturated heterocycles. The monoisotopic (exact) mass is 358 g/mol. The first kappa shape index (κ1) is 18.9. The molecule has 1 fully saturated rings. The second-order valence-electron chi connectivity index (χ2n) is 7.94. The van der Waals surface area contributed by atoms with Gasteiger partial charge in [0.25, 0.3) is 10.0 Å². The van der Waals surface area contributed by atoms with Crippen molar-refractivity contribution in [3.05, 3.63) is 17.5 Å². The van der Waals surface area contributed by atoms with Gasteiger partial charge in [0.1, 0.15) is 4.21 Å². The van der Waals surface area contributed by atoms with Gasteiger partial charge in [-0.3, -0.25) is 0 Å². The molecule has 6 heteroatoms. The Balaban J connectivity index is 2.23. The van der Waals surface area contributed by atoms with Crippen molar-refractivity contribution in [1.29, 1.82) is 0 Å². The lowest BCUT2D eigenvalue weighted by molar-refractivity contribution is 0.211. The smallest absolute Gasteiger partial charge is 0.252 e. The first-order valence-electron chi connectivity index (χ1n) is 8.40. The first-order chi connectivity index (χ1) is 10.6. The molecule has 0 aromatic carbocycles. The summed E-state index contributed by atoms with van der Waals surface area (Å²) in [5, 5.41) is 5.39. The van der Waals surface area contributed by atoms with Gasteiger partial charge in [0, 0.05) is 25.2 Å². The number of nitrogens with zero attached hydrogens (tertiary/aromatic N) is 1. The first-order valence-corrected chi connectivity index (χ1v) is 10.7. The van der Waals surface area contributed by atoms with Gasteiger partial charge in [-0.15, -0.1) is 11.3 Å². The van der Waals surface area contributed by atoms with E-state index in [1.807, 2.05) is 5.38 Å². The number of sulfonamides is 1. The number of nitrogens with one attached hydrogen (secondary N) is 1. The summed E-state index contributed by atoms with van der Waals surface area (Å²) in [5.74, 6) is 0.532. The summed E-state index contributed by atoms with van der Waals surface area (Å²) < 4.78 is 28.2. The molecule has 1 N–H and O–H groups in total. The van der Waals surface area contributed by atoms with E-state index in [4.69, 9.17) is 0 Å². The molecule has 0 aliphatic heterocycles. The van der Waals surface area contributed by atoms with Crippen molar-refractivity contribution < 1.29 is 8.42 Å². The topological polar surface area (TPSA) is 49.4 Å². The fourth-order valence-corrected chi connectivity index (χ4v) is 5.25. The molecule has 1 heterocycles. The summed E-state index contributed by atoms with van der Waals surface area (Å²) in [6.07, 6.45) is 2.29. The standard InChI is InChI=1S/C17H30N2O2S2/c1-13(2)18-15(17(3,4)5)12-19(11-14-8-9-14)23(20,21)16-7-6-10-22-16/h6-7,10,13-15,18H,8-9,11-12H2,1-5H3/t15-/m1/s1. The van der Waals surface area contributed by atoms with Crippen LogP contribution < -0.4 is 5.32 Å². The molecule has 132 valence electrons. The molecular formula is C17H30N2O2S2. The van der Waals surface area contributed by atoms with Gasteiger partial charge in [0.05, 0.1) is 0 Å². The largest absolute Gasteiger partial charge is 0.310 e. The lowest BCUT2D eigenvalue weighted by Gasteiger charge is -2.37. The highest BCUT2D eigenvalue weighted by Gasteiger charge is 2.36. The van der Waals surface area contributed by atoms with Crippen LogP contribution in [0.4, 0.5) is 0 Å². The van der Waals surface area contributed by atoms with E-state index >= 15 is 0 Å². The van der Waals surface area contributed by atoms with Crippen molar-refractivity contribution in [3.63, 3.8) is 0 Å². The minimum absolute atomic E-state index is 0.00294. The van der Waals surface area contributed by atoms with Crippen LogP contribution in [0, 0.1) is 11.3 Å². The summed E-state index contributed by atoms with van der Waals surface area (Å²) in [6, 6.07) is 3.96. The average molecular weight is 359 g/mol. The van der Waals surface area contributed by atoms with Crippen LogP contribution in [0.5, 0.6) is 0 Å². The summed E-state index contributed by atoms with van der Waals surface area (Å²) in [4.78, 5) is 0. The van der Waals surface area contributed by atoms with Crippen molar-refractivity contribution >= 4 is 21.4 Å². The number of thiophene rings is 1. The maximum atomic E-state index is 13.0. The van der Waals surface area contributed by atoms with Crippen molar-refractivity contribution in [3.8, 4) is 0 Å². The zero-order valence-electron chi connectivity index (χ0n) is 14.9. The maximum absolute atomic E-state index is 13.0. The van der Waals surface area contributed by atoms with Crippen molar-refractivity contribution in [2.45, 2.75) is 63.8 Å². The lowest BCUT2D eigenvalue weighted by Crippen LogP contribution is -2.52. The minimum atomic E-state index is -3.39. The van der Waals surface area contributed by atoms with Gasteiger partial charge in [-0.2, -0.15) is 4.31 Å².